The molecule has 2 amide bonds. The molecule has 3 aromatic rings. The van der Waals surface area contributed by atoms with Gasteiger partial charge < -0.3 is 21.7 Å². The lowest BCUT2D eigenvalue weighted by Gasteiger charge is -2.10. The first kappa shape index (κ1) is 17.3. The maximum atomic E-state index is 12.1. The molecule has 2 aromatic carbocycles. The molecule has 0 spiro atoms. The first-order valence-corrected chi connectivity index (χ1v) is 8.27. The van der Waals surface area contributed by atoms with Crippen LogP contribution in [0.2, 0.25) is 0 Å². The van der Waals surface area contributed by atoms with Gasteiger partial charge in [0.1, 0.15) is 5.82 Å². The number of carbonyl (C=O) groups is 1. The highest BCUT2D eigenvalue weighted by atomic mass is 16.2. The number of amides is 2. The number of carbonyl (C=O) groups excluding carboxylic acids is 1. The topological polar surface area (TPSA) is 92.1 Å². The van der Waals surface area contributed by atoms with E-state index in [0.29, 0.717) is 12.4 Å². The number of nitrogens with zero attached hydrogens (tertiary/aromatic N) is 1. The monoisotopic (exact) mass is 347 g/mol. The molecule has 6 heteroatoms. The highest BCUT2D eigenvalue weighted by molar-refractivity contribution is 5.89. The van der Waals surface area contributed by atoms with Crippen LogP contribution in [0.1, 0.15) is 5.56 Å². The summed E-state index contributed by atoms with van der Waals surface area (Å²) in [5, 5.41) is 8.75. The van der Waals surface area contributed by atoms with Crippen LogP contribution in [-0.2, 0) is 6.54 Å². The molecule has 0 saturated heterocycles. The van der Waals surface area contributed by atoms with E-state index < -0.39 is 0 Å². The second-order valence-corrected chi connectivity index (χ2v) is 5.80. The van der Waals surface area contributed by atoms with Crippen molar-refractivity contribution in [2.45, 2.75) is 6.54 Å². The molecule has 3 rings (SSSR count). The van der Waals surface area contributed by atoms with E-state index in [1.807, 2.05) is 67.7 Å². The lowest BCUT2D eigenvalue weighted by Crippen LogP contribution is -2.28. The van der Waals surface area contributed by atoms with Gasteiger partial charge in [0.2, 0.25) is 0 Å². The Morgan fingerprint density at radius 3 is 2.54 bits per heavy atom. The quantitative estimate of drug-likeness (QED) is 0.566. The predicted molar refractivity (Wildman–Crippen MR) is 106 cm³/mol. The summed E-state index contributed by atoms with van der Waals surface area (Å²) in [4.78, 5) is 16.1. The number of anilines is 3. The van der Waals surface area contributed by atoms with Crippen LogP contribution in [0, 0.1) is 0 Å². The Hall–Kier alpha value is -3.54. The molecule has 0 aliphatic carbocycles. The fourth-order valence-corrected chi connectivity index (χ4v) is 2.57. The maximum Gasteiger partial charge on any atom is 0.319 e. The summed E-state index contributed by atoms with van der Waals surface area (Å²) in [6, 6.07) is 18.9. The highest BCUT2D eigenvalue weighted by Crippen LogP contribution is 2.22. The number of benzene rings is 2. The molecule has 0 aliphatic heterocycles. The third-order valence-corrected chi connectivity index (χ3v) is 3.93. The Kier molecular flexibility index (Phi) is 5.34. The van der Waals surface area contributed by atoms with Crippen molar-refractivity contribution in [3.63, 3.8) is 0 Å². The average Bonchev–Trinajstić information content (AvgIpc) is 2.67. The van der Waals surface area contributed by atoms with Crippen LogP contribution in [-0.4, -0.2) is 18.1 Å². The van der Waals surface area contributed by atoms with Gasteiger partial charge in [0.15, 0.2) is 0 Å². The van der Waals surface area contributed by atoms with Gasteiger partial charge in [0.25, 0.3) is 0 Å². The Balaban J connectivity index is 1.57. The molecule has 0 atom stereocenters. The van der Waals surface area contributed by atoms with Crippen LogP contribution in [0.5, 0.6) is 0 Å². The zero-order chi connectivity index (χ0) is 18.4. The van der Waals surface area contributed by atoms with Crippen molar-refractivity contribution in [3.05, 3.63) is 72.4 Å². The third kappa shape index (κ3) is 4.51. The summed E-state index contributed by atoms with van der Waals surface area (Å²) < 4.78 is 0. The van der Waals surface area contributed by atoms with E-state index >= 15 is 0 Å². The second kappa shape index (κ2) is 8.02. The van der Waals surface area contributed by atoms with Crippen LogP contribution in [0.4, 0.5) is 22.0 Å². The van der Waals surface area contributed by atoms with Gasteiger partial charge in [-0.05, 0) is 53.1 Å². The van der Waals surface area contributed by atoms with Gasteiger partial charge in [-0.15, -0.1) is 0 Å². The summed E-state index contributed by atoms with van der Waals surface area (Å²) in [5.74, 6) is 0.478. The number of hydrogen-bond acceptors (Lipinski definition) is 4. The number of rotatable bonds is 5. The molecular formula is C20H21N5O. The Morgan fingerprint density at radius 1 is 1.00 bits per heavy atom. The molecule has 0 bridgehead atoms. The second-order valence-electron chi connectivity index (χ2n) is 5.80. The first-order valence-electron chi connectivity index (χ1n) is 8.27. The standard InChI is InChI=1S/C20H21N5O/c1-22-18-4-2-3-14(11-18)13-24-20(26)25-17-7-5-15(6-8-17)16-9-10-23-19(21)12-16/h2-12,22H,13H2,1H3,(H2,21,23)(H2,24,25,26). The van der Waals surface area contributed by atoms with Gasteiger partial charge in [0.05, 0.1) is 0 Å². The zero-order valence-electron chi connectivity index (χ0n) is 14.5. The minimum atomic E-state index is -0.249. The van der Waals surface area contributed by atoms with Crippen LogP contribution in [0.3, 0.4) is 0 Å². The maximum absolute atomic E-state index is 12.1. The number of nitrogen functional groups attached to an aromatic ring is 1. The fourth-order valence-electron chi connectivity index (χ4n) is 2.57. The van der Waals surface area contributed by atoms with Crippen LogP contribution >= 0.6 is 0 Å². The Labute approximate surface area is 152 Å². The summed E-state index contributed by atoms with van der Waals surface area (Å²) in [5.41, 5.74) is 10.5. The van der Waals surface area contributed by atoms with Crippen LogP contribution in [0.25, 0.3) is 11.1 Å². The molecule has 26 heavy (non-hydrogen) atoms. The van der Waals surface area contributed by atoms with Crippen molar-refractivity contribution < 1.29 is 4.79 Å². The molecule has 0 fully saturated rings. The molecule has 0 aliphatic rings. The van der Waals surface area contributed by atoms with Crippen LogP contribution < -0.4 is 21.7 Å². The van der Waals surface area contributed by atoms with Crippen LogP contribution in [0.15, 0.2) is 66.9 Å². The molecule has 0 radical (unpaired) electrons. The van der Waals surface area contributed by atoms with E-state index in [1.54, 1.807) is 6.20 Å². The average molecular weight is 347 g/mol. The molecule has 1 aromatic heterocycles. The molecule has 1 heterocycles. The Morgan fingerprint density at radius 2 is 1.81 bits per heavy atom. The van der Waals surface area contributed by atoms with Crippen molar-refractivity contribution in [2.24, 2.45) is 0 Å². The SMILES string of the molecule is CNc1cccc(CNC(=O)Nc2ccc(-c3ccnc(N)c3)cc2)c1. The number of hydrogen-bond donors (Lipinski definition) is 4. The van der Waals surface area contributed by atoms with Crippen molar-refractivity contribution >= 4 is 23.2 Å². The van der Waals surface area contributed by atoms with Gasteiger partial charge in [-0.25, -0.2) is 9.78 Å². The van der Waals surface area contributed by atoms with Gasteiger partial charge in [0, 0.05) is 31.2 Å². The highest BCUT2D eigenvalue weighted by Gasteiger charge is 2.04. The number of aromatic nitrogens is 1. The van der Waals surface area contributed by atoms with E-state index in [2.05, 4.69) is 20.9 Å². The van der Waals surface area contributed by atoms with Crippen molar-refractivity contribution in [3.8, 4) is 11.1 Å². The minimum Gasteiger partial charge on any atom is -0.388 e. The van der Waals surface area contributed by atoms with Crippen molar-refractivity contribution in [2.75, 3.05) is 23.4 Å². The number of urea groups is 1. The molecule has 0 unspecified atom stereocenters. The normalized spacial score (nSPS) is 10.2. The lowest BCUT2D eigenvalue weighted by molar-refractivity contribution is 0.251. The summed E-state index contributed by atoms with van der Waals surface area (Å²) in [6.07, 6.45) is 1.67. The molecule has 0 saturated carbocycles. The molecule has 132 valence electrons. The number of pyridine rings is 1. The Bertz CT molecular complexity index is 893. The number of nitrogens with two attached hydrogens (primary N) is 1. The van der Waals surface area contributed by atoms with E-state index in [4.69, 9.17) is 5.73 Å². The van der Waals surface area contributed by atoms with Crippen molar-refractivity contribution in [1.29, 1.82) is 0 Å². The van der Waals surface area contributed by atoms with Gasteiger partial charge in [-0.3, -0.25) is 0 Å². The smallest absolute Gasteiger partial charge is 0.319 e. The van der Waals surface area contributed by atoms with Crippen molar-refractivity contribution in [1.82, 2.24) is 10.3 Å². The fraction of sp³-hybridized carbons (Fsp3) is 0.100. The van der Waals surface area contributed by atoms with E-state index in [1.165, 1.54) is 0 Å². The first-order chi connectivity index (χ1) is 12.6. The summed E-state index contributed by atoms with van der Waals surface area (Å²) in [7, 11) is 1.86. The van der Waals surface area contributed by atoms with E-state index in [0.717, 1.165) is 28.1 Å². The summed E-state index contributed by atoms with van der Waals surface area (Å²) in [6.45, 7) is 0.454. The minimum absolute atomic E-state index is 0.249. The largest absolute Gasteiger partial charge is 0.388 e. The summed E-state index contributed by atoms with van der Waals surface area (Å²) >= 11 is 0. The lowest BCUT2D eigenvalue weighted by atomic mass is 10.1. The van der Waals surface area contributed by atoms with E-state index in [9.17, 15) is 4.79 Å². The van der Waals surface area contributed by atoms with Gasteiger partial charge >= 0.3 is 6.03 Å². The molecule has 6 nitrogen and oxygen atoms in total. The van der Waals surface area contributed by atoms with Gasteiger partial charge in [-0.1, -0.05) is 24.3 Å². The third-order valence-electron chi connectivity index (χ3n) is 3.93. The van der Waals surface area contributed by atoms with E-state index in [-0.39, 0.29) is 6.03 Å². The van der Waals surface area contributed by atoms with Gasteiger partial charge in [-0.2, -0.15) is 0 Å². The predicted octanol–water partition coefficient (Wildman–Crippen LogP) is 3.69. The molecular weight excluding hydrogens is 326 g/mol. The zero-order valence-corrected chi connectivity index (χ0v) is 14.5. The molecule has 5 N–H and O–H groups in total. The number of nitrogens with one attached hydrogen (secondary N) is 3.